The molecule has 1 N–H and O–H groups in total. The zero-order valence-electron chi connectivity index (χ0n) is 9.17. The van der Waals surface area contributed by atoms with Gasteiger partial charge in [-0.1, -0.05) is 42.1 Å². The van der Waals surface area contributed by atoms with Crippen LogP contribution in [0.1, 0.15) is 5.56 Å². The number of carbonyl (C=O) groups excluding carboxylic acids is 1. The van der Waals surface area contributed by atoms with Crippen LogP contribution in [0.3, 0.4) is 0 Å². The number of benzene rings is 1. The fraction of sp³-hybridized carbons (Fsp3) is 0.182. The van der Waals surface area contributed by atoms with Crippen molar-refractivity contribution in [1.29, 1.82) is 0 Å². The van der Waals surface area contributed by atoms with Crippen molar-refractivity contribution in [2.45, 2.75) is 11.7 Å². The van der Waals surface area contributed by atoms with Crippen molar-refractivity contribution in [2.75, 3.05) is 0 Å². The van der Waals surface area contributed by atoms with Crippen molar-refractivity contribution < 1.29 is 13.2 Å². The number of thioether (sulfide) groups is 1. The van der Waals surface area contributed by atoms with E-state index in [0.717, 1.165) is 23.5 Å². The summed E-state index contributed by atoms with van der Waals surface area (Å²) in [5.41, 5.74) is 0.971. The summed E-state index contributed by atoms with van der Waals surface area (Å²) in [5, 5.41) is 1.94. The molecule has 1 aromatic carbocycles. The Morgan fingerprint density at radius 3 is 2.56 bits per heavy atom. The maximum Gasteiger partial charge on any atom is 0.268 e. The Labute approximate surface area is 114 Å². The Bertz CT molecular complexity index is 584. The van der Waals surface area contributed by atoms with E-state index in [-0.39, 0.29) is 10.1 Å². The van der Waals surface area contributed by atoms with Gasteiger partial charge in [0.25, 0.3) is 9.05 Å². The van der Waals surface area contributed by atoms with Crippen LogP contribution in [0.4, 0.5) is 0 Å². The van der Waals surface area contributed by atoms with Crippen molar-refractivity contribution in [1.82, 2.24) is 5.32 Å². The van der Waals surface area contributed by atoms with Crippen molar-refractivity contribution in [2.24, 2.45) is 0 Å². The van der Waals surface area contributed by atoms with Crippen LogP contribution in [0.5, 0.6) is 0 Å². The van der Waals surface area contributed by atoms with E-state index in [1.165, 1.54) is 0 Å². The molecule has 18 heavy (non-hydrogen) atoms. The molecule has 0 saturated heterocycles. The molecule has 1 unspecified atom stereocenters. The number of rotatable bonds is 3. The quantitative estimate of drug-likeness (QED) is 0.865. The second-order valence-electron chi connectivity index (χ2n) is 3.71. The van der Waals surface area contributed by atoms with E-state index in [1.807, 2.05) is 30.3 Å². The minimum absolute atomic E-state index is 0.0234. The second-order valence-corrected chi connectivity index (χ2v) is 7.74. The first-order valence-electron chi connectivity index (χ1n) is 5.12. The zero-order chi connectivity index (χ0) is 13.2. The molecule has 1 aliphatic heterocycles. The third kappa shape index (κ3) is 3.28. The predicted octanol–water partition coefficient (Wildman–Crippen LogP) is 1.83. The number of nitrogens with one attached hydrogen (secondary N) is 1. The molecule has 0 aliphatic carbocycles. The van der Waals surface area contributed by atoms with Crippen LogP contribution in [0.15, 0.2) is 40.8 Å². The molecule has 0 fully saturated rings. The molecule has 4 nitrogen and oxygen atoms in total. The Morgan fingerprint density at radius 1 is 1.28 bits per heavy atom. The van der Waals surface area contributed by atoms with Gasteiger partial charge in [0.2, 0.25) is 5.91 Å². The molecular weight excluding hydrogens is 294 g/mol. The number of hydrogen-bond acceptors (Lipinski definition) is 4. The summed E-state index contributed by atoms with van der Waals surface area (Å²) >= 11 is 0.971. The zero-order valence-corrected chi connectivity index (χ0v) is 11.6. The maximum atomic E-state index is 11.7. The topological polar surface area (TPSA) is 63.2 Å². The Morgan fingerprint density at radius 2 is 1.94 bits per heavy atom. The van der Waals surface area contributed by atoms with Gasteiger partial charge in [-0.3, -0.25) is 4.79 Å². The van der Waals surface area contributed by atoms with Gasteiger partial charge in [0.05, 0.1) is 5.25 Å². The normalized spacial score (nSPS) is 20.2. The highest BCUT2D eigenvalue weighted by Gasteiger charge is 2.29. The summed E-state index contributed by atoms with van der Waals surface area (Å²) in [4.78, 5) is 11.7. The summed E-state index contributed by atoms with van der Waals surface area (Å²) in [6.45, 7) is 0. The third-order valence-corrected chi connectivity index (χ3v) is 5.72. The van der Waals surface area contributed by atoms with Gasteiger partial charge < -0.3 is 5.32 Å². The molecule has 1 atom stereocenters. The first-order valence-corrected chi connectivity index (χ1v) is 8.31. The molecule has 96 valence electrons. The van der Waals surface area contributed by atoms with E-state index < -0.39 is 14.3 Å². The lowest BCUT2D eigenvalue weighted by Crippen LogP contribution is -2.34. The van der Waals surface area contributed by atoms with Crippen LogP contribution in [0.2, 0.25) is 0 Å². The minimum Gasteiger partial charge on any atom is -0.330 e. The Hall–Kier alpha value is -0.980. The molecular formula is C11H10ClNO3S2. The fourth-order valence-electron chi connectivity index (χ4n) is 1.54. The van der Waals surface area contributed by atoms with E-state index in [1.54, 1.807) is 0 Å². The molecule has 0 saturated carbocycles. The smallest absolute Gasteiger partial charge is 0.268 e. The van der Waals surface area contributed by atoms with E-state index in [9.17, 15) is 13.2 Å². The number of carbonyl (C=O) groups is 1. The summed E-state index contributed by atoms with van der Waals surface area (Å²) in [7, 11) is 1.47. The number of halogens is 1. The van der Waals surface area contributed by atoms with Gasteiger partial charge in [-0.05, 0) is 12.0 Å². The van der Waals surface area contributed by atoms with Gasteiger partial charge >= 0.3 is 0 Å². The summed E-state index contributed by atoms with van der Waals surface area (Å²) < 4.78 is 22.4. The summed E-state index contributed by atoms with van der Waals surface area (Å²) in [5.74, 6) is -0.215. The van der Waals surface area contributed by atoms with Crippen molar-refractivity contribution in [3.8, 4) is 0 Å². The average Bonchev–Trinajstić information content (AvgIpc) is 2.32. The molecule has 0 bridgehead atoms. The lowest BCUT2D eigenvalue weighted by molar-refractivity contribution is -0.119. The second kappa shape index (κ2) is 5.34. The average molecular weight is 304 g/mol. The van der Waals surface area contributed by atoms with Crippen molar-refractivity contribution >= 4 is 37.4 Å². The SMILES string of the molecule is O=C1NC=C(S(=O)(=O)Cl)SC1Cc1ccccc1. The van der Waals surface area contributed by atoms with Gasteiger partial charge in [-0.2, -0.15) is 0 Å². The maximum absolute atomic E-state index is 11.7. The van der Waals surface area contributed by atoms with Gasteiger partial charge in [0, 0.05) is 16.9 Å². The van der Waals surface area contributed by atoms with Crippen LogP contribution in [-0.4, -0.2) is 19.6 Å². The molecule has 2 rings (SSSR count). The van der Waals surface area contributed by atoms with Crippen molar-refractivity contribution in [3.63, 3.8) is 0 Å². The summed E-state index contributed by atoms with van der Waals surface area (Å²) in [6.07, 6.45) is 1.60. The number of hydrogen-bond donors (Lipinski definition) is 1. The first-order chi connectivity index (χ1) is 8.47. The predicted molar refractivity (Wildman–Crippen MR) is 72.5 cm³/mol. The van der Waals surface area contributed by atoms with Crippen LogP contribution in [0.25, 0.3) is 0 Å². The van der Waals surface area contributed by atoms with E-state index in [0.29, 0.717) is 6.42 Å². The molecule has 0 spiro atoms. The highest BCUT2D eigenvalue weighted by molar-refractivity contribution is 8.29. The largest absolute Gasteiger partial charge is 0.330 e. The fourth-order valence-corrected chi connectivity index (χ4v) is 3.87. The van der Waals surface area contributed by atoms with E-state index >= 15 is 0 Å². The standard InChI is InChI=1S/C11H10ClNO3S2/c12-18(15,16)10-7-13-11(14)9(17-10)6-8-4-2-1-3-5-8/h1-5,7,9H,6H2,(H,13,14). The van der Waals surface area contributed by atoms with Crippen LogP contribution in [-0.2, 0) is 20.3 Å². The van der Waals surface area contributed by atoms with E-state index in [2.05, 4.69) is 5.32 Å². The first kappa shape index (κ1) is 13.5. The Kier molecular flexibility index (Phi) is 3.99. The van der Waals surface area contributed by atoms with Gasteiger partial charge in [0.15, 0.2) is 0 Å². The van der Waals surface area contributed by atoms with Gasteiger partial charge in [0.1, 0.15) is 4.24 Å². The van der Waals surface area contributed by atoms with Crippen LogP contribution < -0.4 is 5.32 Å². The molecule has 0 aromatic heterocycles. The Balaban J connectivity index is 2.15. The minimum atomic E-state index is -3.79. The molecule has 1 aliphatic rings. The highest BCUT2D eigenvalue weighted by atomic mass is 35.7. The van der Waals surface area contributed by atoms with Crippen molar-refractivity contribution in [3.05, 3.63) is 46.3 Å². The third-order valence-electron chi connectivity index (χ3n) is 2.39. The van der Waals surface area contributed by atoms with E-state index in [4.69, 9.17) is 10.7 Å². The molecule has 1 amide bonds. The number of amides is 1. The molecule has 7 heteroatoms. The lowest BCUT2D eigenvalue weighted by Gasteiger charge is -2.20. The van der Waals surface area contributed by atoms with Crippen LogP contribution >= 0.6 is 22.4 Å². The highest BCUT2D eigenvalue weighted by Crippen LogP contribution is 2.33. The van der Waals surface area contributed by atoms with Gasteiger partial charge in [-0.25, -0.2) is 8.42 Å². The van der Waals surface area contributed by atoms with Crippen LogP contribution in [0, 0.1) is 0 Å². The molecule has 1 heterocycles. The molecule has 0 radical (unpaired) electrons. The van der Waals surface area contributed by atoms with Gasteiger partial charge in [-0.15, -0.1) is 0 Å². The monoisotopic (exact) mass is 303 g/mol. The lowest BCUT2D eigenvalue weighted by atomic mass is 10.1. The summed E-state index contributed by atoms with van der Waals surface area (Å²) in [6, 6.07) is 9.40. The molecule has 1 aromatic rings.